The van der Waals surface area contributed by atoms with Gasteiger partial charge in [0.1, 0.15) is 0 Å². The molecule has 0 amide bonds. The minimum atomic E-state index is 0.0567. The van der Waals surface area contributed by atoms with Gasteiger partial charge in [0.2, 0.25) is 0 Å². The van der Waals surface area contributed by atoms with E-state index in [0.717, 1.165) is 5.56 Å². The molecule has 0 aliphatic heterocycles. The third-order valence-corrected chi connectivity index (χ3v) is 1.52. The molecule has 0 spiro atoms. The first-order valence-corrected chi connectivity index (χ1v) is 3.49. The second-order valence-electron chi connectivity index (χ2n) is 2.32. The van der Waals surface area contributed by atoms with Crippen LogP contribution in [0.15, 0.2) is 40.7 Å². The van der Waals surface area contributed by atoms with Gasteiger partial charge in [0.25, 0.3) is 0 Å². The predicted molar refractivity (Wildman–Crippen MR) is 43.9 cm³/mol. The number of nitrogens with zero attached hydrogens (tertiary/aromatic N) is 2. The zero-order valence-corrected chi connectivity index (χ0v) is 6.44. The van der Waals surface area contributed by atoms with Crippen molar-refractivity contribution in [1.29, 1.82) is 0 Å². The van der Waals surface area contributed by atoms with Crippen LogP contribution in [0.4, 0.5) is 0 Å². The minimum absolute atomic E-state index is 0.0567. The van der Waals surface area contributed by atoms with Gasteiger partial charge in [-0.25, -0.2) is 0 Å². The molecule has 0 unspecified atom stereocenters. The van der Waals surface area contributed by atoms with Crippen LogP contribution in [0, 0.1) is 0 Å². The molecular formula is C8H11N3. The predicted octanol–water partition coefficient (Wildman–Crippen LogP) is 2.07. The molecule has 0 saturated heterocycles. The summed E-state index contributed by atoms with van der Waals surface area (Å²) in [6.07, 6.45) is 0. The van der Waals surface area contributed by atoms with Crippen molar-refractivity contribution in [2.24, 2.45) is 16.2 Å². The summed E-state index contributed by atoms with van der Waals surface area (Å²) in [5.41, 5.74) is 1.13. The molecule has 0 saturated carbocycles. The van der Waals surface area contributed by atoms with Gasteiger partial charge < -0.3 is 5.84 Å². The molecule has 0 aliphatic carbocycles. The van der Waals surface area contributed by atoms with Crippen LogP contribution in [0.5, 0.6) is 0 Å². The third kappa shape index (κ3) is 2.04. The van der Waals surface area contributed by atoms with Gasteiger partial charge in [-0.05, 0) is 12.5 Å². The summed E-state index contributed by atoms with van der Waals surface area (Å²) >= 11 is 0. The van der Waals surface area contributed by atoms with Gasteiger partial charge in [-0.15, -0.1) is 0 Å². The van der Waals surface area contributed by atoms with Gasteiger partial charge in [-0.2, -0.15) is 5.11 Å². The Morgan fingerprint density at radius 3 is 2.45 bits per heavy atom. The van der Waals surface area contributed by atoms with E-state index in [9.17, 15) is 0 Å². The lowest BCUT2D eigenvalue weighted by atomic mass is 10.1. The van der Waals surface area contributed by atoms with Crippen molar-refractivity contribution in [3.05, 3.63) is 35.9 Å². The van der Waals surface area contributed by atoms with Crippen LogP contribution >= 0.6 is 0 Å². The summed E-state index contributed by atoms with van der Waals surface area (Å²) in [6.45, 7) is 1.95. The second-order valence-corrected chi connectivity index (χ2v) is 2.32. The highest BCUT2D eigenvalue weighted by atomic mass is 15.3. The molecule has 1 aromatic carbocycles. The zero-order chi connectivity index (χ0) is 8.10. The molecule has 1 atom stereocenters. The fraction of sp³-hybridized carbons (Fsp3) is 0.250. The van der Waals surface area contributed by atoms with Crippen molar-refractivity contribution in [2.75, 3.05) is 0 Å². The first-order valence-electron chi connectivity index (χ1n) is 3.49. The Morgan fingerprint density at radius 1 is 1.27 bits per heavy atom. The lowest BCUT2D eigenvalue weighted by Crippen LogP contribution is -1.88. The Bertz CT molecular complexity index is 230. The fourth-order valence-electron chi connectivity index (χ4n) is 0.898. The average Bonchev–Trinajstić information content (AvgIpc) is 2.07. The van der Waals surface area contributed by atoms with Gasteiger partial charge in [-0.1, -0.05) is 35.6 Å². The molecule has 58 valence electrons. The van der Waals surface area contributed by atoms with E-state index < -0.39 is 0 Å². The molecule has 0 fully saturated rings. The molecule has 0 bridgehead atoms. The van der Waals surface area contributed by atoms with Crippen molar-refractivity contribution in [3.8, 4) is 0 Å². The van der Waals surface area contributed by atoms with Gasteiger partial charge in [0.15, 0.2) is 0 Å². The average molecular weight is 149 g/mol. The second kappa shape index (κ2) is 3.71. The number of hydrogen-bond donors (Lipinski definition) is 1. The smallest absolute Gasteiger partial charge is 0.0950 e. The maximum absolute atomic E-state index is 4.93. The van der Waals surface area contributed by atoms with Crippen LogP contribution in [0.1, 0.15) is 18.5 Å². The van der Waals surface area contributed by atoms with Crippen LogP contribution < -0.4 is 5.84 Å². The summed E-state index contributed by atoms with van der Waals surface area (Å²) in [5.74, 6) is 4.93. The molecule has 0 heterocycles. The summed E-state index contributed by atoms with van der Waals surface area (Å²) in [5, 5.41) is 7.03. The Balaban J connectivity index is 2.76. The fourth-order valence-corrected chi connectivity index (χ4v) is 0.898. The van der Waals surface area contributed by atoms with Gasteiger partial charge in [-0.3, -0.25) is 0 Å². The Hall–Kier alpha value is -1.38. The molecule has 1 rings (SSSR count). The molecule has 1 aromatic rings. The van der Waals surface area contributed by atoms with E-state index in [4.69, 9.17) is 5.84 Å². The molecule has 3 nitrogen and oxygen atoms in total. The van der Waals surface area contributed by atoms with Crippen molar-refractivity contribution >= 4 is 0 Å². The van der Waals surface area contributed by atoms with E-state index in [0.29, 0.717) is 0 Å². The van der Waals surface area contributed by atoms with E-state index in [1.54, 1.807) is 0 Å². The van der Waals surface area contributed by atoms with E-state index in [2.05, 4.69) is 10.3 Å². The summed E-state index contributed by atoms with van der Waals surface area (Å²) in [6, 6.07) is 9.96. The van der Waals surface area contributed by atoms with Crippen LogP contribution in [0.2, 0.25) is 0 Å². The highest BCUT2D eigenvalue weighted by Crippen LogP contribution is 2.14. The van der Waals surface area contributed by atoms with Crippen molar-refractivity contribution < 1.29 is 0 Å². The molecule has 0 aliphatic rings. The molecule has 2 N–H and O–H groups in total. The number of benzene rings is 1. The highest BCUT2D eigenvalue weighted by Gasteiger charge is 1.99. The molecular weight excluding hydrogens is 138 g/mol. The monoisotopic (exact) mass is 149 g/mol. The summed E-state index contributed by atoms with van der Waals surface area (Å²) in [4.78, 5) is 0. The maximum atomic E-state index is 4.93. The van der Waals surface area contributed by atoms with E-state index in [1.165, 1.54) is 0 Å². The van der Waals surface area contributed by atoms with Crippen LogP contribution in [0.3, 0.4) is 0 Å². The van der Waals surface area contributed by atoms with Crippen LogP contribution in [-0.4, -0.2) is 0 Å². The quantitative estimate of drug-likeness (QED) is 0.390. The van der Waals surface area contributed by atoms with Crippen molar-refractivity contribution in [2.45, 2.75) is 13.0 Å². The highest BCUT2D eigenvalue weighted by molar-refractivity contribution is 5.17. The number of hydrogen-bond acceptors (Lipinski definition) is 2. The maximum Gasteiger partial charge on any atom is 0.0950 e. The minimum Gasteiger partial charge on any atom is -0.305 e. The lowest BCUT2D eigenvalue weighted by Gasteiger charge is -2.02. The molecule has 3 heteroatoms. The topological polar surface area (TPSA) is 50.7 Å². The normalized spacial score (nSPS) is 13.5. The largest absolute Gasteiger partial charge is 0.305 e. The molecule has 0 radical (unpaired) electrons. The molecule has 0 aromatic heterocycles. The number of rotatable bonds is 2. The Morgan fingerprint density at radius 2 is 1.91 bits per heavy atom. The molecule has 11 heavy (non-hydrogen) atoms. The van der Waals surface area contributed by atoms with Gasteiger partial charge >= 0.3 is 0 Å². The van der Waals surface area contributed by atoms with E-state index >= 15 is 0 Å². The van der Waals surface area contributed by atoms with Gasteiger partial charge in [0, 0.05) is 0 Å². The SMILES string of the molecule is C[C@H](N=NN)c1ccccc1. The summed E-state index contributed by atoms with van der Waals surface area (Å²) in [7, 11) is 0. The van der Waals surface area contributed by atoms with Crippen molar-refractivity contribution in [3.63, 3.8) is 0 Å². The van der Waals surface area contributed by atoms with E-state index in [1.807, 2.05) is 37.3 Å². The zero-order valence-electron chi connectivity index (χ0n) is 6.44. The first-order chi connectivity index (χ1) is 5.34. The van der Waals surface area contributed by atoms with E-state index in [-0.39, 0.29) is 6.04 Å². The Kier molecular flexibility index (Phi) is 2.60. The third-order valence-electron chi connectivity index (χ3n) is 1.52. The first kappa shape index (κ1) is 7.72. The summed E-state index contributed by atoms with van der Waals surface area (Å²) < 4.78 is 0. The van der Waals surface area contributed by atoms with Gasteiger partial charge in [0.05, 0.1) is 6.04 Å². The standard InChI is InChI=1S/C8H11N3/c1-7(10-11-9)8-5-3-2-4-6-8/h2-7H,1H3,(H2,9,10)/t7-/m0/s1. The van der Waals surface area contributed by atoms with Crippen molar-refractivity contribution in [1.82, 2.24) is 0 Å². The Labute approximate surface area is 65.9 Å². The lowest BCUT2D eigenvalue weighted by molar-refractivity contribution is 0.736. The van der Waals surface area contributed by atoms with Crippen LogP contribution in [0.25, 0.3) is 0 Å². The van der Waals surface area contributed by atoms with Crippen LogP contribution in [-0.2, 0) is 0 Å². The number of nitrogens with two attached hydrogens (primary N) is 1.